The third-order valence-electron chi connectivity index (χ3n) is 7.25. The van der Waals surface area contributed by atoms with Gasteiger partial charge in [0.05, 0.1) is 20.3 Å². The van der Waals surface area contributed by atoms with Crippen LogP contribution in [0.15, 0.2) is 23.2 Å². The second kappa shape index (κ2) is 9.25. The molecule has 1 aliphatic carbocycles. The average Bonchev–Trinajstić information content (AvgIpc) is 3.24. The molecule has 2 heterocycles. The van der Waals surface area contributed by atoms with Crippen LogP contribution in [0.3, 0.4) is 0 Å². The highest BCUT2D eigenvalue weighted by molar-refractivity contribution is 5.80. The number of rotatable bonds is 6. The van der Waals surface area contributed by atoms with Gasteiger partial charge in [0.15, 0.2) is 5.96 Å². The molecule has 1 saturated carbocycles. The van der Waals surface area contributed by atoms with Gasteiger partial charge in [-0.2, -0.15) is 0 Å². The first kappa shape index (κ1) is 22.2. The summed E-state index contributed by atoms with van der Waals surface area (Å²) in [7, 11) is 3.43. The van der Waals surface area contributed by atoms with Crippen LogP contribution in [-0.2, 0) is 11.3 Å². The zero-order chi connectivity index (χ0) is 22.0. The Kier molecular flexibility index (Phi) is 6.63. The van der Waals surface area contributed by atoms with Gasteiger partial charge in [0.2, 0.25) is 0 Å². The van der Waals surface area contributed by atoms with Gasteiger partial charge in [0, 0.05) is 68.8 Å². The first-order chi connectivity index (χ1) is 15.0. The molecule has 1 aromatic carbocycles. The standard InChI is InChI=1S/C24H38N4O3/c1-6-25-23(26-21-19-9-14-31-22(19)24(21,2)3)28-12-10-27(11-13-28)16-17-15-18(29-4)7-8-20(17)30-5/h7-8,15,19,21-22H,6,9-14,16H2,1-5H3,(H,25,26). The molecule has 0 aromatic heterocycles. The summed E-state index contributed by atoms with van der Waals surface area (Å²) in [6, 6.07) is 6.45. The van der Waals surface area contributed by atoms with Crippen molar-refractivity contribution in [2.75, 3.05) is 53.6 Å². The second-order valence-corrected chi connectivity index (χ2v) is 9.43. The largest absolute Gasteiger partial charge is 0.497 e. The van der Waals surface area contributed by atoms with Gasteiger partial charge in [-0.1, -0.05) is 13.8 Å². The van der Waals surface area contributed by atoms with E-state index in [1.165, 1.54) is 5.56 Å². The maximum Gasteiger partial charge on any atom is 0.194 e. The van der Waals surface area contributed by atoms with Crippen LogP contribution in [-0.4, -0.2) is 81.5 Å². The SMILES string of the molecule is CCN=C(NC1C2CCOC2C1(C)C)N1CCN(Cc2cc(OC)ccc2OC)CC1. The van der Waals surface area contributed by atoms with E-state index < -0.39 is 0 Å². The Hall–Kier alpha value is -1.99. The summed E-state index contributed by atoms with van der Waals surface area (Å²) in [6.07, 6.45) is 1.55. The fourth-order valence-electron chi connectivity index (χ4n) is 5.51. The molecule has 0 amide bonds. The zero-order valence-corrected chi connectivity index (χ0v) is 19.7. The lowest BCUT2D eigenvalue weighted by atomic mass is 9.57. The summed E-state index contributed by atoms with van der Waals surface area (Å²) < 4.78 is 16.9. The van der Waals surface area contributed by atoms with Crippen molar-refractivity contribution in [2.45, 2.75) is 45.9 Å². The van der Waals surface area contributed by atoms with E-state index in [0.29, 0.717) is 18.1 Å². The first-order valence-corrected chi connectivity index (χ1v) is 11.6. The maximum absolute atomic E-state index is 5.97. The monoisotopic (exact) mass is 430 g/mol. The topological polar surface area (TPSA) is 58.6 Å². The Bertz CT molecular complexity index is 789. The summed E-state index contributed by atoms with van der Waals surface area (Å²) in [5.74, 6) is 3.45. The number of nitrogens with one attached hydrogen (secondary N) is 1. The van der Waals surface area contributed by atoms with Crippen molar-refractivity contribution in [3.8, 4) is 11.5 Å². The van der Waals surface area contributed by atoms with Crippen LogP contribution in [0, 0.1) is 11.3 Å². The number of ether oxygens (including phenoxy) is 3. The van der Waals surface area contributed by atoms with Crippen LogP contribution in [0.25, 0.3) is 0 Å². The number of guanidine groups is 1. The number of hydrogen-bond donors (Lipinski definition) is 1. The van der Waals surface area contributed by atoms with Gasteiger partial charge in [-0.25, -0.2) is 0 Å². The molecule has 3 fully saturated rings. The van der Waals surface area contributed by atoms with Crippen LogP contribution >= 0.6 is 0 Å². The van der Waals surface area contributed by atoms with Crippen molar-refractivity contribution in [3.05, 3.63) is 23.8 Å². The fourth-order valence-corrected chi connectivity index (χ4v) is 5.51. The summed E-state index contributed by atoms with van der Waals surface area (Å²) in [4.78, 5) is 9.74. The maximum atomic E-state index is 5.97. The van der Waals surface area contributed by atoms with E-state index in [9.17, 15) is 0 Å². The van der Waals surface area contributed by atoms with Crippen molar-refractivity contribution in [1.82, 2.24) is 15.1 Å². The third kappa shape index (κ3) is 4.35. The lowest BCUT2D eigenvalue weighted by Gasteiger charge is -2.55. The molecule has 1 aromatic rings. The quantitative estimate of drug-likeness (QED) is 0.553. The molecular weight excluding hydrogens is 392 g/mol. The van der Waals surface area contributed by atoms with Gasteiger partial charge < -0.3 is 24.4 Å². The molecule has 3 aliphatic rings. The normalized spacial score (nSPS) is 28.1. The van der Waals surface area contributed by atoms with Crippen molar-refractivity contribution >= 4 is 5.96 Å². The van der Waals surface area contributed by atoms with Crippen LogP contribution in [0.5, 0.6) is 11.5 Å². The predicted molar refractivity (Wildman–Crippen MR) is 123 cm³/mol. The lowest BCUT2D eigenvalue weighted by Crippen LogP contribution is -2.68. The van der Waals surface area contributed by atoms with Crippen LogP contribution in [0.2, 0.25) is 0 Å². The van der Waals surface area contributed by atoms with E-state index in [-0.39, 0.29) is 5.41 Å². The molecule has 31 heavy (non-hydrogen) atoms. The average molecular weight is 431 g/mol. The lowest BCUT2D eigenvalue weighted by molar-refractivity contribution is -0.107. The van der Waals surface area contributed by atoms with E-state index in [0.717, 1.165) is 69.8 Å². The molecule has 0 spiro atoms. The minimum Gasteiger partial charge on any atom is -0.497 e. The number of hydrogen-bond acceptors (Lipinski definition) is 5. The van der Waals surface area contributed by atoms with Gasteiger partial charge in [-0.3, -0.25) is 9.89 Å². The minimum absolute atomic E-state index is 0.153. The highest BCUT2D eigenvalue weighted by Gasteiger charge is 2.59. The van der Waals surface area contributed by atoms with Gasteiger partial charge in [-0.15, -0.1) is 0 Å². The van der Waals surface area contributed by atoms with Crippen LogP contribution < -0.4 is 14.8 Å². The van der Waals surface area contributed by atoms with Crippen molar-refractivity contribution in [3.63, 3.8) is 0 Å². The van der Waals surface area contributed by atoms with E-state index >= 15 is 0 Å². The molecule has 1 N–H and O–H groups in total. The molecule has 2 aliphatic heterocycles. The Morgan fingerprint density at radius 1 is 1.19 bits per heavy atom. The smallest absolute Gasteiger partial charge is 0.194 e. The predicted octanol–water partition coefficient (Wildman–Crippen LogP) is 2.60. The van der Waals surface area contributed by atoms with E-state index in [1.54, 1.807) is 14.2 Å². The summed E-state index contributed by atoms with van der Waals surface area (Å²) in [5.41, 5.74) is 1.32. The number of piperazine rings is 1. The second-order valence-electron chi connectivity index (χ2n) is 9.43. The van der Waals surface area contributed by atoms with Gasteiger partial charge >= 0.3 is 0 Å². The Morgan fingerprint density at radius 2 is 1.97 bits per heavy atom. The highest BCUT2D eigenvalue weighted by Crippen LogP contribution is 2.52. The molecule has 7 heteroatoms. The zero-order valence-electron chi connectivity index (χ0n) is 19.7. The molecule has 2 saturated heterocycles. The summed E-state index contributed by atoms with van der Waals surface area (Å²) in [6.45, 7) is 13.2. The molecule has 0 bridgehead atoms. The van der Waals surface area contributed by atoms with Gasteiger partial charge in [0.25, 0.3) is 0 Å². The van der Waals surface area contributed by atoms with Crippen molar-refractivity contribution in [1.29, 1.82) is 0 Å². The van der Waals surface area contributed by atoms with E-state index in [2.05, 4.69) is 42.0 Å². The minimum atomic E-state index is 0.153. The summed E-state index contributed by atoms with van der Waals surface area (Å²) in [5, 5.41) is 3.82. The summed E-state index contributed by atoms with van der Waals surface area (Å²) >= 11 is 0. The molecular formula is C24H38N4O3. The highest BCUT2D eigenvalue weighted by atomic mass is 16.5. The molecule has 3 unspecified atom stereocenters. The van der Waals surface area contributed by atoms with Crippen molar-refractivity contribution < 1.29 is 14.2 Å². The molecule has 172 valence electrons. The number of benzene rings is 1. The Morgan fingerprint density at radius 3 is 2.65 bits per heavy atom. The first-order valence-electron chi connectivity index (χ1n) is 11.6. The third-order valence-corrected chi connectivity index (χ3v) is 7.25. The molecule has 3 atom stereocenters. The van der Waals surface area contributed by atoms with Gasteiger partial charge in [-0.05, 0) is 31.5 Å². The van der Waals surface area contributed by atoms with E-state index in [1.807, 2.05) is 12.1 Å². The number of nitrogens with zero attached hydrogens (tertiary/aromatic N) is 3. The molecule has 4 rings (SSSR count). The van der Waals surface area contributed by atoms with E-state index in [4.69, 9.17) is 19.2 Å². The Balaban J connectivity index is 1.36. The van der Waals surface area contributed by atoms with Crippen LogP contribution in [0.1, 0.15) is 32.8 Å². The number of fused-ring (bicyclic) bond motifs is 1. The fraction of sp³-hybridized carbons (Fsp3) is 0.708. The molecule has 7 nitrogen and oxygen atoms in total. The number of methoxy groups -OCH3 is 2. The van der Waals surface area contributed by atoms with Crippen LogP contribution in [0.4, 0.5) is 0 Å². The molecule has 0 radical (unpaired) electrons. The van der Waals surface area contributed by atoms with Gasteiger partial charge in [0.1, 0.15) is 11.5 Å². The van der Waals surface area contributed by atoms with Crippen molar-refractivity contribution in [2.24, 2.45) is 16.3 Å². The number of aliphatic imine (C=N–C) groups is 1. The Labute approximate surface area is 186 Å².